The zero-order valence-corrected chi connectivity index (χ0v) is 6.89. The van der Waals surface area contributed by atoms with E-state index in [0.717, 1.165) is 0 Å². The molecule has 68 valence electrons. The number of carbonyl (C=O) groups excluding carboxylic acids is 2. The number of nitrogens with zero attached hydrogens (tertiary/aromatic N) is 1. The third kappa shape index (κ3) is 2.55. The van der Waals surface area contributed by atoms with Crippen molar-refractivity contribution >= 4 is 12.3 Å². The predicted molar refractivity (Wildman–Crippen MR) is 42.5 cm³/mol. The van der Waals surface area contributed by atoms with Gasteiger partial charge in [0.2, 0.25) is 6.29 Å². The second kappa shape index (κ2) is 4.20. The molecule has 0 saturated carbocycles. The Hall–Kier alpha value is -1.91. The fourth-order valence-electron chi connectivity index (χ4n) is 0.707. The molecule has 0 atom stereocenters. The number of ether oxygens (including phenoxy) is 2. The van der Waals surface area contributed by atoms with Crippen molar-refractivity contribution < 1.29 is 19.1 Å². The van der Waals surface area contributed by atoms with Gasteiger partial charge in [-0.1, -0.05) is 0 Å². The molecule has 0 aliphatic rings. The molecule has 13 heavy (non-hydrogen) atoms. The Bertz CT molecular complexity index is 324. The summed E-state index contributed by atoms with van der Waals surface area (Å²) in [6.45, 7) is 0. The molecule has 0 spiro atoms. The monoisotopic (exact) mass is 181 g/mol. The Morgan fingerprint density at radius 3 is 2.77 bits per heavy atom. The topological polar surface area (TPSA) is 65.5 Å². The first kappa shape index (κ1) is 9.18. The van der Waals surface area contributed by atoms with Crippen LogP contribution in [0.1, 0.15) is 0 Å². The van der Waals surface area contributed by atoms with Gasteiger partial charge in [-0.15, -0.1) is 0 Å². The summed E-state index contributed by atoms with van der Waals surface area (Å²) < 4.78 is 9.38. The number of methoxy groups -OCH3 is 1. The summed E-state index contributed by atoms with van der Waals surface area (Å²) in [6.07, 6.45) is 2.85. The molecule has 1 aromatic heterocycles. The first-order valence-electron chi connectivity index (χ1n) is 3.42. The molecule has 0 aliphatic carbocycles. The lowest BCUT2D eigenvalue weighted by Gasteiger charge is -2.01. The van der Waals surface area contributed by atoms with Crippen molar-refractivity contribution in [3.05, 3.63) is 18.5 Å². The van der Waals surface area contributed by atoms with Crippen LogP contribution in [0.3, 0.4) is 0 Å². The average Bonchev–Trinajstić information content (AvgIpc) is 2.18. The van der Waals surface area contributed by atoms with E-state index in [1.165, 1.54) is 25.6 Å². The van der Waals surface area contributed by atoms with Crippen molar-refractivity contribution in [2.45, 2.75) is 0 Å². The molecule has 0 fully saturated rings. The van der Waals surface area contributed by atoms with Crippen LogP contribution in [0.25, 0.3) is 0 Å². The van der Waals surface area contributed by atoms with Gasteiger partial charge in [0.25, 0.3) is 0 Å². The van der Waals surface area contributed by atoms with E-state index in [2.05, 4.69) is 9.72 Å². The van der Waals surface area contributed by atoms with E-state index in [-0.39, 0.29) is 12.0 Å². The van der Waals surface area contributed by atoms with E-state index in [4.69, 9.17) is 4.74 Å². The van der Waals surface area contributed by atoms with Crippen LogP contribution in [0.5, 0.6) is 11.5 Å². The van der Waals surface area contributed by atoms with Crippen molar-refractivity contribution in [2.24, 2.45) is 0 Å². The number of aldehydes is 1. The molecule has 0 saturated heterocycles. The van der Waals surface area contributed by atoms with Gasteiger partial charge in [0.05, 0.1) is 19.5 Å². The third-order valence-electron chi connectivity index (χ3n) is 1.24. The molecule has 1 heterocycles. The Morgan fingerprint density at radius 2 is 2.15 bits per heavy atom. The number of aromatic nitrogens is 1. The minimum atomic E-state index is -0.963. The summed E-state index contributed by atoms with van der Waals surface area (Å²) in [7, 11) is 1.46. The van der Waals surface area contributed by atoms with Crippen molar-refractivity contribution in [3.8, 4) is 11.5 Å². The molecule has 1 rings (SSSR count). The van der Waals surface area contributed by atoms with Crippen LogP contribution < -0.4 is 9.47 Å². The number of pyridine rings is 1. The highest BCUT2D eigenvalue weighted by Crippen LogP contribution is 2.16. The van der Waals surface area contributed by atoms with Crippen molar-refractivity contribution in [1.82, 2.24) is 4.98 Å². The summed E-state index contributed by atoms with van der Waals surface area (Å²) in [6, 6.07) is 1.45. The molecule has 0 aliphatic heterocycles. The highest BCUT2D eigenvalue weighted by Gasteiger charge is 2.03. The lowest BCUT2D eigenvalue weighted by Crippen LogP contribution is -2.08. The second-order valence-electron chi connectivity index (χ2n) is 2.10. The molecule has 0 N–H and O–H groups in total. The highest BCUT2D eigenvalue weighted by atomic mass is 16.5. The normalized spacial score (nSPS) is 9.00. The summed E-state index contributed by atoms with van der Waals surface area (Å²) in [5.74, 6) is -0.331. The third-order valence-corrected chi connectivity index (χ3v) is 1.24. The largest absolute Gasteiger partial charge is 0.495 e. The van der Waals surface area contributed by atoms with Crippen molar-refractivity contribution in [3.63, 3.8) is 0 Å². The van der Waals surface area contributed by atoms with Crippen LogP contribution in [0.15, 0.2) is 18.5 Å². The van der Waals surface area contributed by atoms with Crippen LogP contribution >= 0.6 is 0 Å². The number of rotatable bonds is 3. The molecule has 0 unspecified atom stereocenters. The molecule has 5 heteroatoms. The fourth-order valence-corrected chi connectivity index (χ4v) is 0.707. The van der Waals surface area contributed by atoms with Gasteiger partial charge >= 0.3 is 5.97 Å². The second-order valence-corrected chi connectivity index (χ2v) is 2.10. The SMILES string of the molecule is COc1cncc(OC(=O)C=O)c1. The maximum atomic E-state index is 10.5. The van der Waals surface area contributed by atoms with Gasteiger partial charge in [-0.2, -0.15) is 0 Å². The highest BCUT2D eigenvalue weighted by molar-refractivity contribution is 6.21. The van der Waals surface area contributed by atoms with Crippen LogP contribution in [0.4, 0.5) is 0 Å². The Labute approximate surface area is 74.3 Å². The average molecular weight is 181 g/mol. The number of esters is 1. The van der Waals surface area contributed by atoms with E-state index >= 15 is 0 Å². The first-order chi connectivity index (χ1) is 6.26. The lowest BCUT2D eigenvalue weighted by molar-refractivity contribution is -0.141. The fraction of sp³-hybridized carbons (Fsp3) is 0.125. The minimum absolute atomic E-state index is 0.0828. The van der Waals surface area contributed by atoms with Gasteiger partial charge in [0, 0.05) is 6.07 Å². The van der Waals surface area contributed by atoms with Crippen molar-refractivity contribution in [2.75, 3.05) is 7.11 Å². The Kier molecular flexibility index (Phi) is 2.97. The summed E-state index contributed by atoms with van der Waals surface area (Å²) in [5.41, 5.74) is 0. The molecule has 0 amide bonds. The summed E-state index contributed by atoms with van der Waals surface area (Å²) in [5, 5.41) is 0. The molecular weight excluding hydrogens is 174 g/mol. The number of hydrogen-bond donors (Lipinski definition) is 0. The molecular formula is C8H7NO4. The summed E-state index contributed by atoms with van der Waals surface area (Å²) in [4.78, 5) is 24.2. The predicted octanol–water partition coefficient (Wildman–Crippen LogP) is 0.194. The first-order valence-corrected chi connectivity index (χ1v) is 3.42. The zero-order chi connectivity index (χ0) is 9.68. The van der Waals surface area contributed by atoms with E-state index < -0.39 is 5.97 Å². The standard InChI is InChI=1S/C8H7NO4/c1-12-6-2-7(4-9-3-6)13-8(11)5-10/h2-5H,1H3. The Balaban J connectivity index is 2.77. The van der Waals surface area contributed by atoms with Gasteiger partial charge in [-0.05, 0) is 0 Å². The number of carbonyl (C=O) groups is 2. The number of hydrogen-bond acceptors (Lipinski definition) is 5. The van der Waals surface area contributed by atoms with E-state index in [0.29, 0.717) is 5.75 Å². The quantitative estimate of drug-likeness (QED) is 0.378. The van der Waals surface area contributed by atoms with Crippen LogP contribution in [0.2, 0.25) is 0 Å². The van der Waals surface area contributed by atoms with Crippen LogP contribution in [-0.2, 0) is 9.59 Å². The van der Waals surface area contributed by atoms with E-state index in [1.807, 2.05) is 0 Å². The molecule has 1 aromatic rings. The van der Waals surface area contributed by atoms with Gasteiger partial charge in [0.15, 0.2) is 5.75 Å². The smallest absolute Gasteiger partial charge is 0.376 e. The van der Waals surface area contributed by atoms with Gasteiger partial charge in [0.1, 0.15) is 5.75 Å². The maximum absolute atomic E-state index is 10.5. The maximum Gasteiger partial charge on any atom is 0.376 e. The minimum Gasteiger partial charge on any atom is -0.495 e. The van der Waals surface area contributed by atoms with Crippen LogP contribution in [-0.4, -0.2) is 24.3 Å². The lowest BCUT2D eigenvalue weighted by atomic mass is 10.4. The van der Waals surface area contributed by atoms with Crippen molar-refractivity contribution in [1.29, 1.82) is 0 Å². The van der Waals surface area contributed by atoms with Gasteiger partial charge in [-0.25, -0.2) is 4.79 Å². The van der Waals surface area contributed by atoms with E-state index in [1.54, 1.807) is 0 Å². The Morgan fingerprint density at radius 1 is 1.46 bits per heavy atom. The van der Waals surface area contributed by atoms with Gasteiger partial charge in [-0.3, -0.25) is 9.78 Å². The van der Waals surface area contributed by atoms with Crippen LogP contribution in [0, 0.1) is 0 Å². The van der Waals surface area contributed by atoms with E-state index in [9.17, 15) is 9.59 Å². The summed E-state index contributed by atoms with van der Waals surface area (Å²) >= 11 is 0. The zero-order valence-electron chi connectivity index (χ0n) is 6.89. The molecule has 0 bridgehead atoms. The van der Waals surface area contributed by atoms with Gasteiger partial charge < -0.3 is 9.47 Å². The molecule has 0 radical (unpaired) electrons. The molecule has 0 aromatic carbocycles. The molecule has 5 nitrogen and oxygen atoms in total.